The third-order valence-electron chi connectivity index (χ3n) is 5.40. The van der Waals surface area contributed by atoms with Crippen LogP contribution in [0.3, 0.4) is 0 Å². The molecule has 0 spiro atoms. The molecule has 160 valence electrons. The molecule has 0 saturated carbocycles. The zero-order chi connectivity index (χ0) is 21.8. The molecule has 1 fully saturated rings. The van der Waals surface area contributed by atoms with Gasteiger partial charge in [-0.3, -0.25) is 14.5 Å². The zero-order valence-corrected chi connectivity index (χ0v) is 18.5. The molecule has 2 amide bonds. The first kappa shape index (κ1) is 21.5. The Kier molecular flexibility index (Phi) is 6.65. The lowest BCUT2D eigenvalue weighted by Gasteiger charge is -2.31. The van der Waals surface area contributed by atoms with Crippen LogP contribution < -0.4 is 11.1 Å². The van der Waals surface area contributed by atoms with Crippen molar-refractivity contribution in [1.29, 1.82) is 0 Å². The van der Waals surface area contributed by atoms with Crippen molar-refractivity contribution in [3.8, 4) is 10.6 Å². The maximum absolute atomic E-state index is 12.9. The van der Waals surface area contributed by atoms with E-state index in [1.54, 1.807) is 12.3 Å². The lowest BCUT2D eigenvalue weighted by molar-refractivity contribution is -0.123. The van der Waals surface area contributed by atoms with Gasteiger partial charge in [-0.05, 0) is 37.1 Å². The number of carbonyl (C=O) groups is 2. The highest BCUT2D eigenvalue weighted by Gasteiger charge is 2.24. The summed E-state index contributed by atoms with van der Waals surface area (Å²) in [5.74, 6) is -0.571. The van der Waals surface area contributed by atoms with Crippen LogP contribution in [0.5, 0.6) is 0 Å². The van der Waals surface area contributed by atoms with Crippen LogP contribution in [-0.4, -0.2) is 34.8 Å². The summed E-state index contributed by atoms with van der Waals surface area (Å²) in [5.41, 5.74) is 8.06. The Labute approximate surface area is 190 Å². The number of nitrogens with one attached hydrogen (secondary N) is 1. The topological polar surface area (TPSA) is 88.3 Å². The van der Waals surface area contributed by atoms with E-state index >= 15 is 0 Å². The molecular formula is C23H23ClN4O2S. The van der Waals surface area contributed by atoms with Crippen molar-refractivity contribution >= 4 is 40.4 Å². The molecule has 4 rings (SSSR count). The molecule has 3 aromatic rings. The average Bonchev–Trinajstić information content (AvgIpc) is 3.26. The molecule has 1 aromatic heterocycles. The van der Waals surface area contributed by atoms with Gasteiger partial charge >= 0.3 is 0 Å². The lowest BCUT2D eigenvalue weighted by atomic mass is 9.97. The largest absolute Gasteiger partial charge is 0.369 e. The number of aromatic nitrogens is 1. The van der Waals surface area contributed by atoms with E-state index in [2.05, 4.69) is 15.2 Å². The predicted molar refractivity (Wildman–Crippen MR) is 124 cm³/mol. The molecule has 0 bridgehead atoms. The maximum Gasteiger partial charge on any atom is 0.267 e. The van der Waals surface area contributed by atoms with E-state index in [9.17, 15) is 9.59 Å². The minimum absolute atomic E-state index is 0.115. The van der Waals surface area contributed by atoms with Crippen molar-refractivity contribution in [3.05, 3.63) is 70.2 Å². The molecule has 2 aromatic carbocycles. The Morgan fingerprint density at radius 2 is 1.97 bits per heavy atom. The van der Waals surface area contributed by atoms with Crippen LogP contribution in [0, 0.1) is 5.92 Å². The number of hydrogen-bond acceptors (Lipinski definition) is 5. The van der Waals surface area contributed by atoms with Crippen molar-refractivity contribution in [2.24, 2.45) is 11.7 Å². The molecule has 0 aliphatic carbocycles. The fourth-order valence-corrected chi connectivity index (χ4v) is 4.91. The fraction of sp³-hybridized carbons (Fsp3) is 0.261. The SMILES string of the molecule is NC(=O)C1CCCN(Cc2ccccc2NC(=O)c2cnc(-c3ccccc3Cl)s2)C1. The van der Waals surface area contributed by atoms with Crippen LogP contribution >= 0.6 is 22.9 Å². The molecule has 1 saturated heterocycles. The number of thiazole rings is 1. The van der Waals surface area contributed by atoms with Crippen LogP contribution in [0.1, 0.15) is 28.1 Å². The third-order valence-corrected chi connectivity index (χ3v) is 6.76. The Hall–Kier alpha value is -2.74. The summed E-state index contributed by atoms with van der Waals surface area (Å²) in [6, 6.07) is 15.2. The number of amides is 2. The molecule has 1 aliphatic rings. The second kappa shape index (κ2) is 9.60. The van der Waals surface area contributed by atoms with Crippen LogP contribution in [0.2, 0.25) is 5.02 Å². The van der Waals surface area contributed by atoms with Gasteiger partial charge in [-0.1, -0.05) is 48.0 Å². The lowest BCUT2D eigenvalue weighted by Crippen LogP contribution is -2.40. The summed E-state index contributed by atoms with van der Waals surface area (Å²) in [4.78, 5) is 31.6. The molecule has 31 heavy (non-hydrogen) atoms. The monoisotopic (exact) mass is 454 g/mol. The number of carbonyl (C=O) groups excluding carboxylic acids is 2. The van der Waals surface area contributed by atoms with Crippen molar-refractivity contribution in [2.75, 3.05) is 18.4 Å². The van der Waals surface area contributed by atoms with Gasteiger partial charge in [0, 0.05) is 24.3 Å². The summed E-state index contributed by atoms with van der Waals surface area (Å²) in [5, 5.41) is 4.32. The predicted octanol–water partition coefficient (Wildman–Crippen LogP) is 4.41. The number of piperidine rings is 1. The van der Waals surface area contributed by atoms with Gasteiger partial charge in [-0.15, -0.1) is 11.3 Å². The van der Waals surface area contributed by atoms with E-state index in [1.807, 2.05) is 42.5 Å². The second-order valence-corrected chi connectivity index (χ2v) is 9.04. The standard InChI is InChI=1S/C23H23ClN4O2S/c24-18-9-3-2-8-17(18)23-26-12-20(31-23)22(30)27-19-10-4-1-6-15(19)13-28-11-5-7-16(14-28)21(25)29/h1-4,6,8-10,12,16H,5,7,11,13-14H2,(H2,25,29)(H,27,30). The Bertz CT molecular complexity index is 1100. The van der Waals surface area contributed by atoms with Gasteiger partial charge in [0.1, 0.15) is 9.88 Å². The number of para-hydroxylation sites is 1. The Morgan fingerprint density at radius 1 is 1.19 bits per heavy atom. The third kappa shape index (κ3) is 5.12. The number of rotatable bonds is 6. The van der Waals surface area contributed by atoms with Crippen LogP contribution in [0.15, 0.2) is 54.7 Å². The minimum Gasteiger partial charge on any atom is -0.369 e. The number of anilines is 1. The van der Waals surface area contributed by atoms with Crippen molar-refractivity contribution in [2.45, 2.75) is 19.4 Å². The number of benzene rings is 2. The van der Waals surface area contributed by atoms with Gasteiger partial charge in [0.2, 0.25) is 5.91 Å². The first-order valence-electron chi connectivity index (χ1n) is 10.1. The van der Waals surface area contributed by atoms with E-state index in [4.69, 9.17) is 17.3 Å². The van der Waals surface area contributed by atoms with Crippen LogP contribution in [-0.2, 0) is 11.3 Å². The normalized spacial score (nSPS) is 16.7. The van der Waals surface area contributed by atoms with E-state index in [0.717, 1.165) is 36.2 Å². The zero-order valence-electron chi connectivity index (χ0n) is 16.9. The molecule has 1 unspecified atom stereocenters. The molecule has 1 aliphatic heterocycles. The number of primary amides is 1. The first-order chi connectivity index (χ1) is 15.0. The summed E-state index contributed by atoms with van der Waals surface area (Å²) < 4.78 is 0. The molecule has 6 nitrogen and oxygen atoms in total. The van der Waals surface area contributed by atoms with Crippen LogP contribution in [0.4, 0.5) is 5.69 Å². The van der Waals surface area contributed by atoms with Crippen LogP contribution in [0.25, 0.3) is 10.6 Å². The van der Waals surface area contributed by atoms with E-state index in [-0.39, 0.29) is 17.7 Å². The smallest absolute Gasteiger partial charge is 0.267 e. The highest BCUT2D eigenvalue weighted by atomic mass is 35.5. The highest BCUT2D eigenvalue weighted by Crippen LogP contribution is 2.31. The van der Waals surface area contributed by atoms with Gasteiger partial charge in [-0.2, -0.15) is 0 Å². The summed E-state index contributed by atoms with van der Waals surface area (Å²) in [6.07, 6.45) is 3.35. The Morgan fingerprint density at radius 3 is 2.77 bits per heavy atom. The van der Waals surface area contributed by atoms with E-state index in [1.165, 1.54) is 11.3 Å². The summed E-state index contributed by atoms with van der Waals surface area (Å²) in [6.45, 7) is 2.20. The van der Waals surface area contributed by atoms with Gasteiger partial charge in [0.25, 0.3) is 5.91 Å². The van der Waals surface area contributed by atoms with Gasteiger partial charge in [-0.25, -0.2) is 4.98 Å². The molecule has 0 radical (unpaired) electrons. The molecular weight excluding hydrogens is 432 g/mol. The number of halogens is 1. The Balaban J connectivity index is 1.47. The molecule has 2 heterocycles. The van der Waals surface area contributed by atoms with Crippen molar-refractivity contribution in [3.63, 3.8) is 0 Å². The number of nitrogens with zero attached hydrogens (tertiary/aromatic N) is 2. The van der Waals surface area contributed by atoms with Crippen molar-refractivity contribution < 1.29 is 9.59 Å². The number of hydrogen-bond donors (Lipinski definition) is 2. The van der Waals surface area contributed by atoms with Gasteiger partial charge < -0.3 is 11.1 Å². The maximum atomic E-state index is 12.9. The minimum atomic E-state index is -0.245. The average molecular weight is 455 g/mol. The summed E-state index contributed by atoms with van der Waals surface area (Å²) >= 11 is 7.56. The number of likely N-dealkylation sites (tertiary alicyclic amines) is 1. The van der Waals surface area contributed by atoms with Crippen molar-refractivity contribution in [1.82, 2.24) is 9.88 Å². The number of nitrogens with two attached hydrogens (primary N) is 1. The fourth-order valence-electron chi connectivity index (χ4n) is 3.77. The van der Waals surface area contributed by atoms with Gasteiger partial charge in [0.15, 0.2) is 0 Å². The molecule has 3 N–H and O–H groups in total. The second-order valence-electron chi connectivity index (χ2n) is 7.60. The quantitative estimate of drug-likeness (QED) is 0.577. The van der Waals surface area contributed by atoms with E-state index in [0.29, 0.717) is 28.0 Å². The molecule has 8 heteroatoms. The first-order valence-corrected chi connectivity index (χ1v) is 11.3. The summed E-state index contributed by atoms with van der Waals surface area (Å²) in [7, 11) is 0. The van der Waals surface area contributed by atoms with Gasteiger partial charge in [0.05, 0.1) is 17.1 Å². The molecule has 1 atom stereocenters. The highest BCUT2D eigenvalue weighted by molar-refractivity contribution is 7.17. The van der Waals surface area contributed by atoms with E-state index < -0.39 is 0 Å².